The summed E-state index contributed by atoms with van der Waals surface area (Å²) in [5, 5.41) is 4.29. The van der Waals surface area contributed by atoms with E-state index in [1.165, 1.54) is 0 Å². The van der Waals surface area contributed by atoms with Gasteiger partial charge < -0.3 is 9.47 Å². The van der Waals surface area contributed by atoms with Crippen molar-refractivity contribution >= 4 is 22.2 Å². The topological polar surface area (TPSA) is 53.4 Å². The Kier molecular flexibility index (Phi) is 4.44. The summed E-state index contributed by atoms with van der Waals surface area (Å²) in [6.07, 6.45) is 0.762. The number of ether oxygens (including phenoxy) is 2. The number of carbonyl (C=O) groups excluding carboxylic acids is 1. The minimum Gasteiger partial charge on any atom is -0.497 e. The van der Waals surface area contributed by atoms with E-state index in [0.29, 0.717) is 23.7 Å². The van der Waals surface area contributed by atoms with E-state index in [1.54, 1.807) is 30.0 Å². The summed E-state index contributed by atoms with van der Waals surface area (Å²) in [6, 6.07) is 5.09. The van der Waals surface area contributed by atoms with E-state index >= 15 is 0 Å². The predicted molar refractivity (Wildman–Crippen MR) is 78.4 cm³/mol. The molecular formula is C14H15BrN2O3. The van der Waals surface area contributed by atoms with Crippen LogP contribution in [0.15, 0.2) is 22.7 Å². The lowest BCUT2D eigenvalue weighted by Crippen LogP contribution is -2.05. The first-order valence-electron chi connectivity index (χ1n) is 6.00. The molecule has 1 aromatic heterocycles. The van der Waals surface area contributed by atoms with Crippen molar-refractivity contribution in [3.05, 3.63) is 39.6 Å². The van der Waals surface area contributed by atoms with Crippen LogP contribution in [0.5, 0.6) is 11.5 Å². The highest BCUT2D eigenvalue weighted by Crippen LogP contribution is 2.26. The van der Waals surface area contributed by atoms with E-state index in [-0.39, 0.29) is 0 Å². The fourth-order valence-electron chi connectivity index (χ4n) is 1.85. The van der Waals surface area contributed by atoms with Gasteiger partial charge in [-0.1, -0.05) is 0 Å². The number of aromatic nitrogens is 2. The number of methoxy groups -OCH3 is 1. The maximum absolute atomic E-state index is 11.0. The lowest BCUT2D eigenvalue weighted by atomic mass is 10.2. The zero-order valence-electron chi connectivity index (χ0n) is 11.5. The third kappa shape index (κ3) is 2.85. The van der Waals surface area contributed by atoms with Crippen LogP contribution in [-0.4, -0.2) is 23.2 Å². The first kappa shape index (κ1) is 14.6. The van der Waals surface area contributed by atoms with Crippen LogP contribution < -0.4 is 9.47 Å². The van der Waals surface area contributed by atoms with Crippen molar-refractivity contribution in [3.63, 3.8) is 0 Å². The van der Waals surface area contributed by atoms with Crippen LogP contribution in [0.25, 0.3) is 0 Å². The van der Waals surface area contributed by atoms with Crippen LogP contribution >= 0.6 is 15.9 Å². The highest BCUT2D eigenvalue weighted by atomic mass is 79.9. The second kappa shape index (κ2) is 6.09. The third-order valence-corrected chi connectivity index (χ3v) is 4.01. The van der Waals surface area contributed by atoms with Crippen LogP contribution in [-0.2, 0) is 13.7 Å². The second-order valence-corrected chi connectivity index (χ2v) is 5.07. The van der Waals surface area contributed by atoms with Gasteiger partial charge in [-0.25, -0.2) is 0 Å². The van der Waals surface area contributed by atoms with E-state index in [1.807, 2.05) is 14.0 Å². The average molecular weight is 339 g/mol. The fourth-order valence-corrected chi connectivity index (χ4v) is 2.30. The van der Waals surface area contributed by atoms with Gasteiger partial charge in [-0.3, -0.25) is 9.48 Å². The van der Waals surface area contributed by atoms with E-state index < -0.39 is 0 Å². The molecule has 0 bridgehead atoms. The van der Waals surface area contributed by atoms with Crippen LogP contribution in [0.4, 0.5) is 0 Å². The molecule has 2 aromatic rings. The van der Waals surface area contributed by atoms with Gasteiger partial charge in [0.05, 0.1) is 28.5 Å². The highest BCUT2D eigenvalue weighted by molar-refractivity contribution is 9.10. The summed E-state index contributed by atoms with van der Waals surface area (Å²) in [7, 11) is 3.42. The number of rotatable bonds is 5. The summed E-state index contributed by atoms with van der Waals surface area (Å²) < 4.78 is 13.5. The molecule has 1 aromatic carbocycles. The average Bonchev–Trinajstić information content (AvgIpc) is 2.70. The Bertz CT molecular complexity index is 638. The quantitative estimate of drug-likeness (QED) is 0.786. The maximum atomic E-state index is 11.0. The summed E-state index contributed by atoms with van der Waals surface area (Å²) in [6.45, 7) is 2.22. The highest BCUT2D eigenvalue weighted by Gasteiger charge is 2.12. The Morgan fingerprint density at radius 3 is 2.75 bits per heavy atom. The molecule has 0 aliphatic rings. The first-order chi connectivity index (χ1) is 9.56. The zero-order valence-corrected chi connectivity index (χ0v) is 13.1. The summed E-state index contributed by atoms with van der Waals surface area (Å²) in [5.74, 6) is 1.14. The van der Waals surface area contributed by atoms with Crippen molar-refractivity contribution in [1.29, 1.82) is 0 Å². The molecule has 0 amide bonds. The van der Waals surface area contributed by atoms with Gasteiger partial charge in [0.2, 0.25) is 0 Å². The summed E-state index contributed by atoms with van der Waals surface area (Å²) in [5.41, 5.74) is 2.29. The van der Waals surface area contributed by atoms with E-state index in [9.17, 15) is 4.79 Å². The summed E-state index contributed by atoms with van der Waals surface area (Å²) >= 11 is 3.48. The Labute approximate surface area is 125 Å². The van der Waals surface area contributed by atoms with Crippen LogP contribution in [0.2, 0.25) is 0 Å². The number of nitrogens with zero attached hydrogens (tertiary/aromatic N) is 2. The molecule has 0 N–H and O–H groups in total. The molecule has 20 heavy (non-hydrogen) atoms. The molecule has 0 aliphatic carbocycles. The van der Waals surface area contributed by atoms with Crippen LogP contribution in [0.3, 0.4) is 0 Å². The zero-order chi connectivity index (χ0) is 14.7. The smallest absolute Gasteiger partial charge is 0.153 e. The standard InChI is InChI=1S/C14H15BrN2O3/c1-9-14(15)12(17(2)16-9)8-20-13-6-11(19-3)5-4-10(13)7-18/h4-7H,8H2,1-3H3. The van der Waals surface area contributed by atoms with E-state index in [0.717, 1.165) is 22.1 Å². The normalized spacial score (nSPS) is 10.4. The SMILES string of the molecule is COc1ccc(C=O)c(OCc2c(Br)c(C)nn2C)c1. The van der Waals surface area contributed by atoms with Crippen molar-refractivity contribution in [2.75, 3.05) is 7.11 Å². The summed E-state index contributed by atoms with van der Waals surface area (Å²) in [4.78, 5) is 11.0. The molecule has 1 heterocycles. The number of aldehydes is 1. The minimum atomic E-state index is 0.311. The molecule has 0 atom stereocenters. The molecule has 0 unspecified atom stereocenters. The van der Waals surface area contributed by atoms with Crippen LogP contribution in [0, 0.1) is 6.92 Å². The van der Waals surface area contributed by atoms with Gasteiger partial charge in [0.25, 0.3) is 0 Å². The lowest BCUT2D eigenvalue weighted by molar-refractivity contribution is 0.111. The van der Waals surface area contributed by atoms with E-state index in [2.05, 4.69) is 21.0 Å². The number of benzene rings is 1. The van der Waals surface area contributed by atoms with Gasteiger partial charge in [0, 0.05) is 13.1 Å². The maximum Gasteiger partial charge on any atom is 0.153 e. The van der Waals surface area contributed by atoms with Gasteiger partial charge in [0.1, 0.15) is 18.1 Å². The monoisotopic (exact) mass is 338 g/mol. The Morgan fingerprint density at radius 2 is 2.20 bits per heavy atom. The molecule has 0 aliphatic heterocycles. The molecule has 2 rings (SSSR count). The molecule has 106 valence electrons. The minimum absolute atomic E-state index is 0.311. The molecule has 0 saturated carbocycles. The number of hydrogen-bond acceptors (Lipinski definition) is 4. The molecular weight excluding hydrogens is 324 g/mol. The van der Waals surface area contributed by atoms with E-state index in [4.69, 9.17) is 9.47 Å². The molecule has 0 radical (unpaired) electrons. The largest absolute Gasteiger partial charge is 0.497 e. The van der Waals surface area contributed by atoms with Gasteiger partial charge >= 0.3 is 0 Å². The Balaban J connectivity index is 2.24. The predicted octanol–water partition coefficient (Wildman–Crippen LogP) is 2.89. The van der Waals surface area contributed by atoms with Crippen molar-refractivity contribution in [1.82, 2.24) is 9.78 Å². The van der Waals surface area contributed by atoms with Crippen molar-refractivity contribution in [2.45, 2.75) is 13.5 Å². The second-order valence-electron chi connectivity index (χ2n) is 4.28. The lowest BCUT2D eigenvalue weighted by Gasteiger charge is -2.10. The van der Waals surface area contributed by atoms with Gasteiger partial charge in [-0.2, -0.15) is 5.10 Å². The Hall–Kier alpha value is -1.82. The number of hydrogen-bond donors (Lipinski definition) is 0. The van der Waals surface area contributed by atoms with Gasteiger partial charge in [0.15, 0.2) is 6.29 Å². The number of aryl methyl sites for hydroxylation is 2. The molecule has 0 fully saturated rings. The van der Waals surface area contributed by atoms with Crippen molar-refractivity contribution in [2.24, 2.45) is 7.05 Å². The third-order valence-electron chi connectivity index (χ3n) is 2.97. The van der Waals surface area contributed by atoms with Crippen LogP contribution in [0.1, 0.15) is 21.7 Å². The molecule has 0 saturated heterocycles. The van der Waals surface area contributed by atoms with Gasteiger partial charge in [-0.15, -0.1) is 0 Å². The van der Waals surface area contributed by atoms with Gasteiger partial charge in [-0.05, 0) is 35.0 Å². The Morgan fingerprint density at radius 1 is 1.45 bits per heavy atom. The molecule has 5 nitrogen and oxygen atoms in total. The molecule has 6 heteroatoms. The number of halogens is 1. The first-order valence-corrected chi connectivity index (χ1v) is 6.80. The fraction of sp³-hybridized carbons (Fsp3) is 0.286. The molecule has 0 spiro atoms. The number of carbonyl (C=O) groups is 1. The van der Waals surface area contributed by atoms with Crippen molar-refractivity contribution in [3.8, 4) is 11.5 Å². The van der Waals surface area contributed by atoms with Crippen molar-refractivity contribution < 1.29 is 14.3 Å².